The maximum Gasteiger partial charge on any atom is 0.169 e. The van der Waals surface area contributed by atoms with E-state index in [1.54, 1.807) is 6.20 Å². The van der Waals surface area contributed by atoms with Gasteiger partial charge < -0.3 is 4.42 Å². The van der Waals surface area contributed by atoms with E-state index in [1.165, 1.54) is 0 Å². The Hall–Kier alpha value is -2.94. The highest BCUT2D eigenvalue weighted by Gasteiger charge is 2.14. The normalized spacial score (nSPS) is 11.0. The Morgan fingerprint density at radius 2 is 1.67 bits per heavy atom. The number of aldehydes is 1. The maximum atomic E-state index is 11.2. The molecule has 3 heteroatoms. The van der Waals surface area contributed by atoms with E-state index >= 15 is 0 Å². The molecular formula is C18H11NO2. The van der Waals surface area contributed by atoms with Gasteiger partial charge in [0, 0.05) is 28.1 Å². The molecule has 0 amide bonds. The lowest BCUT2D eigenvalue weighted by Crippen LogP contribution is -1.91. The molecule has 0 saturated carbocycles. The van der Waals surface area contributed by atoms with Crippen LogP contribution in [0, 0.1) is 0 Å². The molecule has 0 spiro atoms. The first kappa shape index (κ1) is 11.9. The van der Waals surface area contributed by atoms with Crippen molar-refractivity contribution in [2.24, 2.45) is 0 Å². The van der Waals surface area contributed by atoms with E-state index in [4.69, 9.17) is 4.42 Å². The third-order valence-electron chi connectivity index (χ3n) is 3.64. The summed E-state index contributed by atoms with van der Waals surface area (Å²) in [6.07, 6.45) is 2.39. The van der Waals surface area contributed by atoms with Crippen LogP contribution in [0.2, 0.25) is 0 Å². The molecule has 2 aromatic carbocycles. The zero-order valence-electron chi connectivity index (χ0n) is 11.1. The van der Waals surface area contributed by atoms with E-state index in [2.05, 4.69) is 4.98 Å². The first-order chi connectivity index (χ1) is 10.4. The monoisotopic (exact) mass is 273 g/mol. The van der Waals surface area contributed by atoms with Crippen molar-refractivity contribution in [2.45, 2.75) is 0 Å². The van der Waals surface area contributed by atoms with Gasteiger partial charge in [-0.15, -0.1) is 0 Å². The Labute approximate surface area is 120 Å². The second kappa shape index (κ2) is 4.56. The van der Waals surface area contributed by atoms with Crippen molar-refractivity contribution in [1.82, 2.24) is 4.98 Å². The van der Waals surface area contributed by atoms with Gasteiger partial charge in [-0.2, -0.15) is 0 Å². The summed E-state index contributed by atoms with van der Waals surface area (Å²) in [6, 6.07) is 17.6. The van der Waals surface area contributed by atoms with Crippen LogP contribution in [0.5, 0.6) is 0 Å². The summed E-state index contributed by atoms with van der Waals surface area (Å²) in [6.45, 7) is 0. The van der Waals surface area contributed by atoms with Gasteiger partial charge in [0.25, 0.3) is 0 Å². The molecule has 2 aromatic heterocycles. The van der Waals surface area contributed by atoms with Crippen LogP contribution in [0.15, 0.2) is 65.2 Å². The molecule has 21 heavy (non-hydrogen) atoms. The van der Waals surface area contributed by atoms with Crippen molar-refractivity contribution in [2.75, 3.05) is 0 Å². The van der Waals surface area contributed by atoms with Gasteiger partial charge in [-0.05, 0) is 12.1 Å². The minimum absolute atomic E-state index is 0.422. The fraction of sp³-hybridized carbons (Fsp3) is 0. The number of aromatic nitrogens is 1. The quantitative estimate of drug-likeness (QED) is 0.506. The van der Waals surface area contributed by atoms with Gasteiger partial charge in [-0.1, -0.05) is 42.5 Å². The van der Waals surface area contributed by atoms with Crippen LogP contribution < -0.4 is 0 Å². The summed E-state index contributed by atoms with van der Waals surface area (Å²) >= 11 is 0. The van der Waals surface area contributed by atoms with Crippen molar-refractivity contribution in [1.29, 1.82) is 0 Å². The van der Waals surface area contributed by atoms with E-state index in [9.17, 15) is 4.79 Å². The SMILES string of the molecule is O=Cc1ncccc1-c1cccc2c1oc1ccccc12. The molecule has 0 atom stereocenters. The zero-order chi connectivity index (χ0) is 14.2. The van der Waals surface area contributed by atoms with E-state index < -0.39 is 0 Å². The van der Waals surface area contributed by atoms with Gasteiger partial charge in [0.2, 0.25) is 0 Å². The summed E-state index contributed by atoms with van der Waals surface area (Å²) in [5, 5.41) is 2.12. The molecule has 0 N–H and O–H groups in total. The van der Waals surface area contributed by atoms with Crippen LogP contribution in [0.25, 0.3) is 33.1 Å². The molecule has 4 aromatic rings. The molecule has 100 valence electrons. The molecule has 0 aliphatic carbocycles. The molecule has 2 heterocycles. The highest BCUT2D eigenvalue weighted by atomic mass is 16.3. The third kappa shape index (κ3) is 1.75. The number of carbonyl (C=O) groups excluding carboxylic acids is 1. The molecule has 0 radical (unpaired) electrons. The largest absolute Gasteiger partial charge is 0.455 e. The molecule has 0 aliphatic rings. The first-order valence-corrected chi connectivity index (χ1v) is 6.69. The van der Waals surface area contributed by atoms with Crippen LogP contribution >= 0.6 is 0 Å². The lowest BCUT2D eigenvalue weighted by Gasteiger charge is -2.04. The van der Waals surface area contributed by atoms with Gasteiger partial charge >= 0.3 is 0 Å². The van der Waals surface area contributed by atoms with Gasteiger partial charge in [0.05, 0.1) is 0 Å². The number of carbonyl (C=O) groups is 1. The van der Waals surface area contributed by atoms with E-state index in [-0.39, 0.29) is 0 Å². The average Bonchev–Trinajstić information content (AvgIpc) is 2.93. The summed E-state index contributed by atoms with van der Waals surface area (Å²) in [7, 11) is 0. The standard InChI is InChI=1S/C18H11NO2/c20-11-16-12(8-4-10-19-16)14-6-3-7-15-13-5-1-2-9-17(13)21-18(14)15/h1-11H. The van der Waals surface area contributed by atoms with Crippen LogP contribution in [-0.4, -0.2) is 11.3 Å². The Morgan fingerprint density at radius 3 is 2.57 bits per heavy atom. The molecular weight excluding hydrogens is 262 g/mol. The van der Waals surface area contributed by atoms with Gasteiger partial charge in [0.1, 0.15) is 16.9 Å². The van der Waals surface area contributed by atoms with E-state index in [0.717, 1.165) is 39.4 Å². The molecule has 0 saturated heterocycles. The fourth-order valence-electron chi connectivity index (χ4n) is 2.70. The smallest absolute Gasteiger partial charge is 0.169 e. The van der Waals surface area contributed by atoms with Crippen molar-refractivity contribution < 1.29 is 9.21 Å². The van der Waals surface area contributed by atoms with Crippen LogP contribution in [0.1, 0.15) is 10.5 Å². The maximum absolute atomic E-state index is 11.2. The van der Waals surface area contributed by atoms with Crippen molar-refractivity contribution >= 4 is 28.2 Å². The summed E-state index contributed by atoms with van der Waals surface area (Å²) < 4.78 is 5.99. The molecule has 4 rings (SSSR count). The summed E-state index contributed by atoms with van der Waals surface area (Å²) in [5.74, 6) is 0. The molecule has 0 unspecified atom stereocenters. The number of hydrogen-bond donors (Lipinski definition) is 0. The van der Waals surface area contributed by atoms with Crippen LogP contribution in [-0.2, 0) is 0 Å². The number of para-hydroxylation sites is 2. The molecule has 0 aliphatic heterocycles. The third-order valence-corrected chi connectivity index (χ3v) is 3.64. The summed E-state index contributed by atoms with van der Waals surface area (Å²) in [4.78, 5) is 15.3. The molecule has 0 fully saturated rings. The number of fused-ring (bicyclic) bond motifs is 3. The fourth-order valence-corrected chi connectivity index (χ4v) is 2.70. The molecule has 3 nitrogen and oxygen atoms in total. The zero-order valence-corrected chi connectivity index (χ0v) is 11.1. The Bertz CT molecular complexity index is 969. The Morgan fingerprint density at radius 1 is 0.857 bits per heavy atom. The first-order valence-electron chi connectivity index (χ1n) is 6.69. The highest BCUT2D eigenvalue weighted by molar-refractivity contribution is 6.10. The number of rotatable bonds is 2. The second-order valence-corrected chi connectivity index (χ2v) is 4.83. The minimum Gasteiger partial charge on any atom is -0.455 e. The number of hydrogen-bond acceptors (Lipinski definition) is 3. The molecule has 0 bridgehead atoms. The van der Waals surface area contributed by atoms with Crippen LogP contribution in [0.3, 0.4) is 0 Å². The lowest BCUT2D eigenvalue weighted by molar-refractivity contribution is 0.111. The number of benzene rings is 2. The number of furan rings is 1. The Balaban J connectivity index is 2.12. The van der Waals surface area contributed by atoms with Crippen molar-refractivity contribution in [3.05, 3.63) is 66.5 Å². The number of nitrogens with zero attached hydrogens (tertiary/aromatic N) is 1. The van der Waals surface area contributed by atoms with Gasteiger partial charge in [-0.25, -0.2) is 0 Å². The predicted molar refractivity (Wildman–Crippen MR) is 82.3 cm³/mol. The minimum atomic E-state index is 0.422. The topological polar surface area (TPSA) is 43.1 Å². The average molecular weight is 273 g/mol. The van der Waals surface area contributed by atoms with Crippen molar-refractivity contribution in [3.8, 4) is 11.1 Å². The Kier molecular flexibility index (Phi) is 2.57. The summed E-state index contributed by atoms with van der Waals surface area (Å²) in [5.41, 5.74) is 3.73. The van der Waals surface area contributed by atoms with Crippen molar-refractivity contribution in [3.63, 3.8) is 0 Å². The van der Waals surface area contributed by atoms with Crippen LogP contribution in [0.4, 0.5) is 0 Å². The van der Waals surface area contributed by atoms with Gasteiger partial charge in [-0.3, -0.25) is 9.78 Å². The lowest BCUT2D eigenvalue weighted by atomic mass is 10.0. The number of pyridine rings is 1. The predicted octanol–water partition coefficient (Wildman–Crippen LogP) is 4.46. The highest BCUT2D eigenvalue weighted by Crippen LogP contribution is 2.35. The second-order valence-electron chi connectivity index (χ2n) is 4.83. The van der Waals surface area contributed by atoms with Gasteiger partial charge in [0.15, 0.2) is 6.29 Å². The van der Waals surface area contributed by atoms with E-state index in [0.29, 0.717) is 5.69 Å². The van der Waals surface area contributed by atoms with E-state index in [1.807, 2.05) is 54.6 Å².